The topological polar surface area (TPSA) is 58.8 Å². The van der Waals surface area contributed by atoms with E-state index in [0.717, 1.165) is 0 Å². The molecule has 0 saturated carbocycles. The number of halogens is 3. The number of hydrogen-bond donors (Lipinski definition) is 1. The molecule has 0 saturated heterocycles. The molecule has 0 radical (unpaired) electrons. The Morgan fingerprint density at radius 3 is 2.21 bits per heavy atom. The van der Waals surface area contributed by atoms with Gasteiger partial charge in [0.2, 0.25) is 5.78 Å². The third kappa shape index (κ3) is 3.39. The number of nitrogens with zero attached hydrogens (tertiary/aromatic N) is 1. The fourth-order valence-corrected chi connectivity index (χ4v) is 3.78. The minimum atomic E-state index is -1.04. The van der Waals surface area contributed by atoms with Gasteiger partial charge in [0.05, 0.1) is 32.4 Å². The summed E-state index contributed by atoms with van der Waals surface area (Å²) in [4.78, 5) is 24.3. The van der Waals surface area contributed by atoms with Crippen molar-refractivity contribution >= 4 is 40.5 Å². The van der Waals surface area contributed by atoms with Gasteiger partial charge in [-0.15, -0.1) is 0 Å². The van der Waals surface area contributed by atoms with E-state index in [4.69, 9.17) is 28.3 Å². The fraction of sp³-hybridized carbons (Fsp3) is 0. The molecule has 4 rings (SSSR count). The zero-order valence-electron chi connectivity index (χ0n) is 14.7. The predicted molar refractivity (Wildman–Crippen MR) is 110 cm³/mol. The molecule has 0 bridgehead atoms. The van der Waals surface area contributed by atoms with E-state index >= 15 is 0 Å². The fourth-order valence-electron chi connectivity index (χ4n) is 3.22. The molecule has 0 atom stereocenters. The molecule has 0 amide bonds. The maximum atomic E-state index is 13.9. The second kappa shape index (κ2) is 7.35. The second-order valence-corrected chi connectivity index (χ2v) is 7.17. The number of aromatic carboxylic acids is 1. The molecule has 0 aliphatic carbocycles. The maximum Gasteiger partial charge on any atom is 0.335 e. The third-order valence-corrected chi connectivity index (χ3v) is 5.22. The molecule has 0 spiro atoms. The Morgan fingerprint density at radius 1 is 0.931 bits per heavy atom. The first-order valence-corrected chi connectivity index (χ1v) is 9.25. The van der Waals surface area contributed by atoms with Gasteiger partial charge in [-0.25, -0.2) is 9.18 Å². The van der Waals surface area contributed by atoms with Crippen LogP contribution in [0, 0.1) is 5.82 Å². The molecule has 4 aromatic rings. The van der Waals surface area contributed by atoms with Crippen LogP contribution in [0.3, 0.4) is 0 Å². The molecule has 0 aliphatic rings. The normalized spacial score (nSPS) is 11.0. The molecule has 0 aliphatic heterocycles. The summed E-state index contributed by atoms with van der Waals surface area (Å²) in [6.07, 6.45) is 1.21. The molecule has 2 aromatic heterocycles. The molecular formula is C22H12Cl2FNO3. The lowest BCUT2D eigenvalue weighted by Crippen LogP contribution is -2.07. The minimum absolute atomic E-state index is 0.132. The number of benzene rings is 2. The van der Waals surface area contributed by atoms with E-state index in [1.165, 1.54) is 28.8 Å². The van der Waals surface area contributed by atoms with E-state index in [9.17, 15) is 14.0 Å². The van der Waals surface area contributed by atoms with Crippen LogP contribution in [0.5, 0.6) is 0 Å². The van der Waals surface area contributed by atoms with Crippen LogP contribution < -0.4 is 0 Å². The van der Waals surface area contributed by atoms with E-state index in [-0.39, 0.29) is 26.9 Å². The summed E-state index contributed by atoms with van der Waals surface area (Å²) in [6.45, 7) is 0. The number of rotatable bonds is 4. The Kier molecular flexibility index (Phi) is 4.86. The van der Waals surface area contributed by atoms with Crippen molar-refractivity contribution in [3.05, 3.63) is 99.5 Å². The highest BCUT2D eigenvalue weighted by atomic mass is 35.5. The summed E-state index contributed by atoms with van der Waals surface area (Å²) < 4.78 is 15.4. The first-order valence-electron chi connectivity index (χ1n) is 8.50. The van der Waals surface area contributed by atoms with Gasteiger partial charge in [0.25, 0.3) is 0 Å². The third-order valence-electron chi connectivity index (χ3n) is 4.59. The highest BCUT2D eigenvalue weighted by Crippen LogP contribution is 2.33. The van der Waals surface area contributed by atoms with E-state index in [1.54, 1.807) is 42.5 Å². The van der Waals surface area contributed by atoms with Crippen molar-refractivity contribution in [3.8, 4) is 11.1 Å². The molecule has 2 heterocycles. The first-order chi connectivity index (χ1) is 13.9. The van der Waals surface area contributed by atoms with E-state index in [0.29, 0.717) is 16.6 Å². The zero-order valence-corrected chi connectivity index (χ0v) is 16.2. The summed E-state index contributed by atoms with van der Waals surface area (Å²) in [5.74, 6) is -2.00. The monoisotopic (exact) mass is 427 g/mol. The smallest absolute Gasteiger partial charge is 0.335 e. The van der Waals surface area contributed by atoms with Gasteiger partial charge >= 0.3 is 5.97 Å². The van der Waals surface area contributed by atoms with Gasteiger partial charge in [0.15, 0.2) is 0 Å². The average Bonchev–Trinajstić information content (AvgIpc) is 3.06. The molecule has 7 heteroatoms. The number of hydrogen-bond acceptors (Lipinski definition) is 2. The van der Waals surface area contributed by atoms with Gasteiger partial charge < -0.3 is 9.51 Å². The highest BCUT2D eigenvalue weighted by molar-refractivity contribution is 6.41. The van der Waals surface area contributed by atoms with Crippen molar-refractivity contribution in [3.63, 3.8) is 0 Å². The number of carboxylic acid groups (broad SMARTS) is 1. The van der Waals surface area contributed by atoms with Gasteiger partial charge in [-0.2, -0.15) is 0 Å². The number of carbonyl (C=O) groups is 2. The number of fused-ring (bicyclic) bond motifs is 1. The molecular weight excluding hydrogens is 416 g/mol. The van der Waals surface area contributed by atoms with Gasteiger partial charge in [-0.05, 0) is 48.0 Å². The lowest BCUT2D eigenvalue weighted by Gasteiger charge is -2.06. The van der Waals surface area contributed by atoms with Crippen LogP contribution in [0.25, 0.3) is 16.6 Å². The van der Waals surface area contributed by atoms with Crippen molar-refractivity contribution in [2.75, 3.05) is 0 Å². The summed E-state index contributed by atoms with van der Waals surface area (Å²) in [7, 11) is 0. The SMILES string of the molecule is O=C(O)c1ccc(-c2cc(C(=O)c3c(Cl)cccc3Cl)n3cc(F)ccc23)cc1. The Bertz CT molecular complexity index is 1260. The summed E-state index contributed by atoms with van der Waals surface area (Å²) >= 11 is 12.4. The zero-order chi connectivity index (χ0) is 20.7. The van der Waals surface area contributed by atoms with Crippen LogP contribution in [-0.4, -0.2) is 21.3 Å². The lowest BCUT2D eigenvalue weighted by atomic mass is 10.0. The van der Waals surface area contributed by atoms with Crippen LogP contribution in [0.2, 0.25) is 10.0 Å². The Hall–Kier alpha value is -3.15. The summed E-state index contributed by atoms with van der Waals surface area (Å²) in [5, 5.41) is 9.48. The predicted octanol–water partition coefficient (Wildman–Crippen LogP) is 5.98. The largest absolute Gasteiger partial charge is 0.478 e. The van der Waals surface area contributed by atoms with Gasteiger partial charge in [0.1, 0.15) is 5.82 Å². The van der Waals surface area contributed by atoms with Gasteiger partial charge in [-0.3, -0.25) is 4.79 Å². The maximum absolute atomic E-state index is 13.9. The molecule has 144 valence electrons. The standard InChI is InChI=1S/C22H12Cl2FNO3/c23-16-2-1-3-17(24)20(16)21(27)19-10-15(18-9-8-14(25)11-26(18)19)12-4-6-13(7-5-12)22(28)29/h1-11H,(H,28,29). The number of carboxylic acids is 1. The van der Waals surface area contributed by atoms with Crippen LogP contribution in [-0.2, 0) is 0 Å². The summed E-state index contributed by atoms with van der Waals surface area (Å²) in [5.41, 5.74) is 2.37. The Balaban J connectivity index is 1.93. The van der Waals surface area contributed by atoms with Crippen LogP contribution >= 0.6 is 23.2 Å². The lowest BCUT2D eigenvalue weighted by molar-refractivity contribution is 0.0696. The van der Waals surface area contributed by atoms with E-state index < -0.39 is 17.6 Å². The molecule has 2 aromatic carbocycles. The van der Waals surface area contributed by atoms with Crippen molar-refractivity contribution in [1.82, 2.24) is 4.40 Å². The second-order valence-electron chi connectivity index (χ2n) is 6.35. The quantitative estimate of drug-likeness (QED) is 0.407. The molecule has 0 fully saturated rings. The van der Waals surface area contributed by atoms with Crippen molar-refractivity contribution < 1.29 is 19.1 Å². The Morgan fingerprint density at radius 2 is 1.59 bits per heavy atom. The van der Waals surface area contributed by atoms with Crippen molar-refractivity contribution in [2.24, 2.45) is 0 Å². The number of carbonyl (C=O) groups excluding carboxylic acids is 1. The van der Waals surface area contributed by atoms with E-state index in [2.05, 4.69) is 0 Å². The average molecular weight is 428 g/mol. The van der Waals surface area contributed by atoms with Crippen molar-refractivity contribution in [1.29, 1.82) is 0 Å². The minimum Gasteiger partial charge on any atom is -0.478 e. The van der Waals surface area contributed by atoms with Gasteiger partial charge in [0, 0.05) is 11.8 Å². The summed E-state index contributed by atoms with van der Waals surface area (Å²) in [6, 6.07) is 15.4. The van der Waals surface area contributed by atoms with Crippen LogP contribution in [0.4, 0.5) is 4.39 Å². The van der Waals surface area contributed by atoms with Gasteiger partial charge in [-0.1, -0.05) is 41.4 Å². The number of ketones is 1. The molecule has 29 heavy (non-hydrogen) atoms. The first kappa shape index (κ1) is 19.2. The number of aromatic nitrogens is 1. The molecule has 4 nitrogen and oxygen atoms in total. The van der Waals surface area contributed by atoms with E-state index in [1.807, 2.05) is 0 Å². The van der Waals surface area contributed by atoms with Crippen molar-refractivity contribution in [2.45, 2.75) is 0 Å². The molecule has 0 unspecified atom stereocenters. The highest BCUT2D eigenvalue weighted by Gasteiger charge is 2.22. The van der Waals surface area contributed by atoms with Crippen LogP contribution in [0.15, 0.2) is 66.9 Å². The number of pyridine rings is 1. The van der Waals surface area contributed by atoms with Crippen LogP contribution in [0.1, 0.15) is 26.4 Å². The molecule has 1 N–H and O–H groups in total. The Labute approximate surface area is 174 Å².